The second-order valence-electron chi connectivity index (χ2n) is 5.25. The van der Waals surface area contributed by atoms with Crippen LogP contribution in [0.4, 0.5) is 0 Å². The zero-order valence-electron chi connectivity index (χ0n) is 11.7. The summed E-state index contributed by atoms with van der Waals surface area (Å²) in [6.07, 6.45) is 5.59. The fraction of sp³-hybridized carbons (Fsp3) is 0.562. The van der Waals surface area contributed by atoms with E-state index in [0.29, 0.717) is 29.8 Å². The number of ether oxygens (including phenoxy) is 1. The van der Waals surface area contributed by atoms with E-state index in [4.69, 9.17) is 4.74 Å². The number of aldehydes is 1. The van der Waals surface area contributed by atoms with Crippen LogP contribution < -0.4 is 4.74 Å². The summed E-state index contributed by atoms with van der Waals surface area (Å²) in [5.41, 5.74) is 2.27. The van der Waals surface area contributed by atoms with Gasteiger partial charge in [0.2, 0.25) is 0 Å². The molecule has 0 spiro atoms. The molecule has 0 aliphatic heterocycles. The van der Waals surface area contributed by atoms with Crippen molar-refractivity contribution in [2.45, 2.75) is 44.9 Å². The minimum absolute atomic E-state index is 0.294. The highest BCUT2D eigenvalue weighted by Gasteiger charge is 2.31. The van der Waals surface area contributed by atoms with Crippen molar-refractivity contribution in [1.29, 1.82) is 0 Å². The van der Waals surface area contributed by atoms with Crippen LogP contribution in [-0.4, -0.2) is 18.5 Å². The van der Waals surface area contributed by atoms with E-state index >= 15 is 0 Å². The number of fused-ring (bicyclic) bond motifs is 1. The molecule has 0 saturated carbocycles. The maximum absolute atomic E-state index is 10.6. The van der Waals surface area contributed by atoms with E-state index in [-0.39, 0.29) is 0 Å². The average molecular weight is 262 g/mol. The highest BCUT2D eigenvalue weighted by molar-refractivity contribution is 5.53. The Bertz CT molecular complexity index is 454. The van der Waals surface area contributed by atoms with Crippen LogP contribution in [0.5, 0.6) is 11.5 Å². The molecule has 3 nitrogen and oxygen atoms in total. The number of hydrogen-bond donors (Lipinski definition) is 1. The molecular weight excluding hydrogens is 240 g/mol. The molecule has 0 amide bonds. The maximum atomic E-state index is 10.6. The van der Waals surface area contributed by atoms with Crippen LogP contribution in [0.25, 0.3) is 0 Å². The number of methoxy groups -OCH3 is 1. The van der Waals surface area contributed by atoms with Crippen molar-refractivity contribution < 1.29 is 14.6 Å². The van der Waals surface area contributed by atoms with E-state index in [9.17, 15) is 9.90 Å². The number of carbonyl (C=O) groups excluding carboxylic acids is 1. The number of carbonyl (C=O) groups is 1. The third-order valence-corrected chi connectivity index (χ3v) is 4.31. The Kier molecular flexibility index (Phi) is 4.46. The number of benzene rings is 1. The van der Waals surface area contributed by atoms with E-state index in [1.807, 2.05) is 6.07 Å². The average Bonchev–Trinajstić information content (AvgIpc) is 2.45. The molecule has 0 bridgehead atoms. The van der Waals surface area contributed by atoms with Gasteiger partial charge in [-0.25, -0.2) is 0 Å². The molecule has 1 aromatic carbocycles. The van der Waals surface area contributed by atoms with Gasteiger partial charge in [0.05, 0.1) is 7.11 Å². The molecule has 1 aromatic rings. The van der Waals surface area contributed by atoms with Crippen molar-refractivity contribution in [1.82, 2.24) is 0 Å². The first kappa shape index (κ1) is 13.9. The van der Waals surface area contributed by atoms with Crippen LogP contribution in [-0.2, 0) is 11.2 Å². The molecule has 0 saturated heterocycles. The first-order chi connectivity index (χ1) is 9.22. The van der Waals surface area contributed by atoms with Gasteiger partial charge in [0.15, 0.2) is 11.5 Å². The fourth-order valence-corrected chi connectivity index (χ4v) is 3.37. The maximum Gasteiger partial charge on any atom is 0.161 e. The van der Waals surface area contributed by atoms with Gasteiger partial charge < -0.3 is 14.6 Å². The van der Waals surface area contributed by atoms with Gasteiger partial charge in [-0.2, -0.15) is 0 Å². The first-order valence-corrected chi connectivity index (χ1v) is 7.05. The predicted octanol–water partition coefficient (Wildman–Crippen LogP) is 3.44. The molecule has 2 atom stereocenters. The van der Waals surface area contributed by atoms with E-state index < -0.39 is 0 Å². The molecule has 19 heavy (non-hydrogen) atoms. The topological polar surface area (TPSA) is 46.5 Å². The Labute approximate surface area is 114 Å². The monoisotopic (exact) mass is 262 g/mol. The van der Waals surface area contributed by atoms with E-state index in [1.54, 1.807) is 7.11 Å². The minimum atomic E-state index is 0.294. The summed E-state index contributed by atoms with van der Waals surface area (Å²) in [7, 11) is 1.58. The predicted molar refractivity (Wildman–Crippen MR) is 74.8 cm³/mol. The van der Waals surface area contributed by atoms with Crippen molar-refractivity contribution in [2.24, 2.45) is 5.92 Å². The van der Waals surface area contributed by atoms with E-state index in [1.165, 1.54) is 5.56 Å². The summed E-state index contributed by atoms with van der Waals surface area (Å²) in [4.78, 5) is 10.6. The molecule has 1 aliphatic rings. The summed E-state index contributed by atoms with van der Waals surface area (Å²) in [5, 5.41) is 10.4. The van der Waals surface area contributed by atoms with Crippen molar-refractivity contribution >= 4 is 6.29 Å². The summed E-state index contributed by atoms with van der Waals surface area (Å²) in [6, 6.07) is 3.90. The number of aromatic hydroxyl groups is 1. The Balaban J connectivity index is 2.37. The molecular formula is C16H22O3. The summed E-state index contributed by atoms with van der Waals surface area (Å²) >= 11 is 0. The van der Waals surface area contributed by atoms with Gasteiger partial charge in [0, 0.05) is 12.0 Å². The van der Waals surface area contributed by atoms with Crippen molar-refractivity contribution in [3.63, 3.8) is 0 Å². The second-order valence-corrected chi connectivity index (χ2v) is 5.25. The number of hydrogen-bond acceptors (Lipinski definition) is 3. The first-order valence-electron chi connectivity index (χ1n) is 7.05. The second kappa shape index (κ2) is 6.09. The lowest BCUT2D eigenvalue weighted by molar-refractivity contribution is -0.108. The molecule has 0 aromatic heterocycles. The molecule has 0 heterocycles. The van der Waals surface area contributed by atoms with Gasteiger partial charge >= 0.3 is 0 Å². The summed E-state index contributed by atoms with van der Waals surface area (Å²) in [6.45, 7) is 2.15. The Morgan fingerprint density at radius 2 is 2.26 bits per heavy atom. The third kappa shape index (κ3) is 2.60. The van der Waals surface area contributed by atoms with Gasteiger partial charge in [-0.1, -0.05) is 13.0 Å². The quantitative estimate of drug-likeness (QED) is 0.827. The van der Waals surface area contributed by atoms with Crippen LogP contribution in [0.3, 0.4) is 0 Å². The highest BCUT2D eigenvalue weighted by Crippen LogP contribution is 2.47. The minimum Gasteiger partial charge on any atom is -0.504 e. The summed E-state index contributed by atoms with van der Waals surface area (Å²) < 4.78 is 5.21. The van der Waals surface area contributed by atoms with Crippen LogP contribution >= 0.6 is 0 Å². The molecule has 1 N–H and O–H groups in total. The van der Waals surface area contributed by atoms with Crippen molar-refractivity contribution in [3.8, 4) is 11.5 Å². The van der Waals surface area contributed by atoms with Crippen molar-refractivity contribution in [2.75, 3.05) is 7.11 Å². The van der Waals surface area contributed by atoms with Crippen LogP contribution in [0, 0.1) is 5.92 Å². The Morgan fingerprint density at radius 1 is 1.47 bits per heavy atom. The normalized spacial score (nSPS) is 21.8. The lowest BCUT2D eigenvalue weighted by Crippen LogP contribution is -2.21. The third-order valence-electron chi connectivity index (χ3n) is 4.31. The van der Waals surface area contributed by atoms with Crippen LogP contribution in [0.2, 0.25) is 0 Å². The van der Waals surface area contributed by atoms with E-state index in [2.05, 4.69) is 13.0 Å². The molecule has 104 valence electrons. The Morgan fingerprint density at radius 3 is 2.89 bits per heavy atom. The Hall–Kier alpha value is -1.51. The van der Waals surface area contributed by atoms with Gasteiger partial charge in [0.1, 0.15) is 6.29 Å². The van der Waals surface area contributed by atoms with Gasteiger partial charge in [0.25, 0.3) is 0 Å². The smallest absolute Gasteiger partial charge is 0.161 e. The number of phenolic OH excluding ortho intramolecular Hbond substituents is 1. The van der Waals surface area contributed by atoms with Crippen LogP contribution in [0.15, 0.2) is 12.1 Å². The van der Waals surface area contributed by atoms with Gasteiger partial charge in [-0.15, -0.1) is 0 Å². The zero-order valence-corrected chi connectivity index (χ0v) is 11.7. The molecule has 1 aliphatic carbocycles. The van der Waals surface area contributed by atoms with Crippen LogP contribution in [0.1, 0.15) is 49.7 Å². The standard InChI is InChI=1S/C16H22O3/c1-3-13-11(5-4-10-17)6-7-12-8-9-14(19-2)16(18)15(12)13/h8-11,13,18H,3-7H2,1-2H3. The summed E-state index contributed by atoms with van der Waals surface area (Å²) in [5.74, 6) is 1.66. The number of rotatable bonds is 5. The SMILES string of the molecule is CCC1c2c(ccc(OC)c2O)CCC1CCC=O. The van der Waals surface area contributed by atoms with E-state index in [0.717, 1.165) is 37.5 Å². The molecule has 2 rings (SSSR count). The highest BCUT2D eigenvalue weighted by atomic mass is 16.5. The molecule has 0 radical (unpaired) electrons. The fourth-order valence-electron chi connectivity index (χ4n) is 3.37. The lowest BCUT2D eigenvalue weighted by atomic mass is 9.71. The number of phenols is 1. The molecule has 3 heteroatoms. The van der Waals surface area contributed by atoms with Gasteiger partial charge in [-0.3, -0.25) is 0 Å². The zero-order chi connectivity index (χ0) is 13.8. The number of aryl methyl sites for hydroxylation is 1. The lowest BCUT2D eigenvalue weighted by Gasteiger charge is -2.33. The van der Waals surface area contributed by atoms with Gasteiger partial charge in [-0.05, 0) is 49.1 Å². The molecule has 0 fully saturated rings. The molecule has 2 unspecified atom stereocenters. The van der Waals surface area contributed by atoms with Crippen molar-refractivity contribution in [3.05, 3.63) is 23.3 Å². The largest absolute Gasteiger partial charge is 0.504 e.